The van der Waals surface area contributed by atoms with Crippen LogP contribution >= 0.6 is 11.6 Å². The molecule has 2 rings (SSSR count). The Kier molecular flexibility index (Phi) is 7.44. The number of nitrogens with zero attached hydrogens (tertiary/aromatic N) is 2. The van der Waals surface area contributed by atoms with E-state index >= 15 is 0 Å². The van der Waals surface area contributed by atoms with Gasteiger partial charge in [0, 0.05) is 13.5 Å². The summed E-state index contributed by atoms with van der Waals surface area (Å²) in [6, 6.07) is 5.45. The van der Waals surface area contributed by atoms with E-state index in [-0.39, 0.29) is 34.7 Å². The second-order valence-corrected chi connectivity index (χ2v) is 6.97. The first-order valence-electron chi connectivity index (χ1n) is 8.16. The van der Waals surface area contributed by atoms with Crippen LogP contribution in [0.5, 0.6) is 0 Å². The van der Waals surface area contributed by atoms with Gasteiger partial charge in [0.25, 0.3) is 17.2 Å². The number of nitrogens with one attached hydrogen (secondary N) is 2. The second-order valence-electron chi connectivity index (χ2n) is 5.66. The molecule has 1 heterocycles. The number of carbonyl (C=O) groups is 2. The number of halogens is 2. The third-order valence-corrected chi connectivity index (χ3v) is 4.58. The second kappa shape index (κ2) is 9.58. The first kappa shape index (κ1) is 21.7. The minimum Gasteiger partial charge on any atom is -0.320 e. The van der Waals surface area contributed by atoms with Gasteiger partial charge in [0.15, 0.2) is 5.82 Å². The quantitative estimate of drug-likeness (QED) is 0.585. The third kappa shape index (κ3) is 5.24. The molecule has 1 atom stereocenters. The number of anilines is 3. The average Bonchev–Trinajstić information content (AvgIpc) is 2.61. The summed E-state index contributed by atoms with van der Waals surface area (Å²) in [7, 11) is 0. The first-order valence-corrected chi connectivity index (χ1v) is 9.60. The van der Waals surface area contributed by atoms with E-state index in [2.05, 4.69) is 15.6 Å². The Hall–Kier alpha value is -2.56. The first-order chi connectivity index (χ1) is 13.2. The summed E-state index contributed by atoms with van der Waals surface area (Å²) in [5.41, 5.74) is -0.427. The summed E-state index contributed by atoms with van der Waals surface area (Å²) in [6.07, 6.45) is 1.77. The van der Waals surface area contributed by atoms with Gasteiger partial charge in [-0.1, -0.05) is 18.5 Å². The van der Waals surface area contributed by atoms with Crippen LogP contribution in [0.1, 0.15) is 30.6 Å². The number of carbonyl (C=O) groups excluding carboxylic acids is 2. The zero-order valence-electron chi connectivity index (χ0n) is 15.0. The number of pyridine rings is 1. The van der Waals surface area contributed by atoms with Gasteiger partial charge in [-0.2, -0.15) is 0 Å². The number of rotatable bonds is 7. The predicted molar refractivity (Wildman–Crippen MR) is 106 cm³/mol. The van der Waals surface area contributed by atoms with E-state index in [1.54, 1.807) is 6.92 Å². The van der Waals surface area contributed by atoms with E-state index in [0.717, 1.165) is 4.31 Å². The van der Waals surface area contributed by atoms with E-state index < -0.39 is 28.6 Å². The highest BCUT2D eigenvalue weighted by molar-refractivity contribution is 7.80. The predicted octanol–water partition coefficient (Wildman–Crippen LogP) is 3.44. The van der Waals surface area contributed by atoms with Gasteiger partial charge >= 0.3 is 0 Å². The number of hydrogen-bond acceptors (Lipinski definition) is 4. The van der Waals surface area contributed by atoms with Crippen molar-refractivity contribution < 1.29 is 22.7 Å². The molecule has 2 amide bonds. The van der Waals surface area contributed by atoms with Crippen molar-refractivity contribution >= 4 is 51.9 Å². The van der Waals surface area contributed by atoms with Gasteiger partial charge < -0.3 is 10.6 Å². The Labute approximate surface area is 168 Å². The Morgan fingerprint density at radius 1 is 1.29 bits per heavy atom. The van der Waals surface area contributed by atoms with Gasteiger partial charge in [-0.3, -0.25) is 18.4 Å². The van der Waals surface area contributed by atoms with Crippen molar-refractivity contribution in [1.82, 2.24) is 4.98 Å². The zero-order chi connectivity index (χ0) is 20.8. The fourth-order valence-electron chi connectivity index (χ4n) is 2.34. The molecule has 0 aliphatic carbocycles. The largest absolute Gasteiger partial charge is 0.320 e. The molecule has 0 spiro atoms. The minimum atomic E-state index is -2.46. The van der Waals surface area contributed by atoms with Crippen molar-refractivity contribution in [3.05, 3.63) is 46.9 Å². The molecule has 11 heteroatoms. The molecule has 2 aromatic rings. The lowest BCUT2D eigenvalue weighted by molar-refractivity contribution is -0.114. The lowest BCUT2D eigenvalue weighted by Crippen LogP contribution is -2.28. The Morgan fingerprint density at radius 2 is 2.00 bits per heavy atom. The molecule has 28 heavy (non-hydrogen) atoms. The van der Waals surface area contributed by atoms with Crippen molar-refractivity contribution in [3.63, 3.8) is 0 Å². The molecule has 0 bridgehead atoms. The van der Waals surface area contributed by atoms with E-state index in [1.807, 2.05) is 0 Å². The maximum Gasteiger partial charge on any atom is 0.261 e. The minimum absolute atomic E-state index is 0.108. The molecule has 150 valence electrons. The van der Waals surface area contributed by atoms with Crippen molar-refractivity contribution in [2.75, 3.05) is 21.5 Å². The van der Waals surface area contributed by atoms with Crippen LogP contribution in [0.15, 0.2) is 30.5 Å². The van der Waals surface area contributed by atoms with E-state index in [1.165, 1.54) is 37.4 Å². The van der Waals surface area contributed by atoms with Gasteiger partial charge in [0.05, 0.1) is 28.2 Å². The van der Waals surface area contributed by atoms with Crippen LogP contribution < -0.4 is 14.9 Å². The van der Waals surface area contributed by atoms with Crippen molar-refractivity contribution in [1.29, 1.82) is 0 Å². The van der Waals surface area contributed by atoms with Gasteiger partial charge in [-0.05, 0) is 30.7 Å². The fourth-order valence-corrected chi connectivity index (χ4v) is 3.22. The highest BCUT2D eigenvalue weighted by Crippen LogP contribution is 2.30. The van der Waals surface area contributed by atoms with Gasteiger partial charge in [-0.25, -0.2) is 13.6 Å². The summed E-state index contributed by atoms with van der Waals surface area (Å²) in [5.74, 6) is -1.87. The lowest BCUT2D eigenvalue weighted by atomic mass is 10.1. The molecule has 0 fully saturated rings. The maximum atomic E-state index is 14.9. The monoisotopic (exact) mass is 428 g/mol. The average molecular weight is 429 g/mol. The standard InChI is InChI=1S/C17H18ClFN4O4S/c1-3-8-23(28(26)27)13-6-5-12(18)15(16(13)19)17(25)22-11-4-7-14(20-9-11)21-10(2)24/h4-7,9H,3,8H2,1-2H3,(H,22,25)(H,26,27)(H,20,21,24). The molecule has 0 radical (unpaired) electrons. The van der Waals surface area contributed by atoms with Crippen molar-refractivity contribution in [2.24, 2.45) is 0 Å². The molecule has 1 aromatic heterocycles. The highest BCUT2D eigenvalue weighted by atomic mass is 35.5. The van der Waals surface area contributed by atoms with Crippen LogP contribution in [0.3, 0.4) is 0 Å². The smallest absolute Gasteiger partial charge is 0.261 e. The molecule has 8 nitrogen and oxygen atoms in total. The molecule has 3 N–H and O–H groups in total. The molecule has 0 saturated heterocycles. The number of hydrogen-bond donors (Lipinski definition) is 3. The number of amides is 2. The van der Waals surface area contributed by atoms with Gasteiger partial charge in [0.1, 0.15) is 5.82 Å². The highest BCUT2D eigenvalue weighted by Gasteiger charge is 2.24. The molecule has 1 unspecified atom stereocenters. The molecular weight excluding hydrogens is 411 g/mol. The van der Waals surface area contributed by atoms with Crippen LogP contribution in [-0.2, 0) is 16.1 Å². The van der Waals surface area contributed by atoms with Gasteiger partial charge in [-0.15, -0.1) is 0 Å². The summed E-state index contributed by atoms with van der Waals surface area (Å²) < 4.78 is 36.8. The summed E-state index contributed by atoms with van der Waals surface area (Å²) in [5, 5.41) is 4.78. The molecule has 0 aliphatic rings. The van der Waals surface area contributed by atoms with E-state index in [0.29, 0.717) is 6.42 Å². The molecule has 0 aliphatic heterocycles. The van der Waals surface area contributed by atoms with Crippen LogP contribution in [-0.4, -0.2) is 32.1 Å². The van der Waals surface area contributed by atoms with Crippen LogP contribution in [0.25, 0.3) is 0 Å². The normalized spacial score (nSPS) is 11.6. The Morgan fingerprint density at radius 3 is 2.54 bits per heavy atom. The summed E-state index contributed by atoms with van der Waals surface area (Å²) in [4.78, 5) is 27.5. The van der Waals surface area contributed by atoms with E-state index in [9.17, 15) is 22.7 Å². The summed E-state index contributed by atoms with van der Waals surface area (Å²) in [6.45, 7) is 3.20. The SMILES string of the molecule is CCCN(c1ccc(Cl)c(C(=O)Nc2ccc(NC(C)=O)nc2)c1F)S(=O)O. The fraction of sp³-hybridized carbons (Fsp3) is 0.235. The van der Waals surface area contributed by atoms with Crippen LogP contribution in [0, 0.1) is 5.82 Å². The lowest BCUT2D eigenvalue weighted by Gasteiger charge is -2.21. The maximum absolute atomic E-state index is 14.9. The number of benzene rings is 1. The third-order valence-electron chi connectivity index (χ3n) is 3.51. The van der Waals surface area contributed by atoms with Crippen molar-refractivity contribution in [3.8, 4) is 0 Å². The molecular formula is C17H18ClFN4O4S. The Bertz CT molecular complexity index is 911. The molecule has 1 aromatic carbocycles. The van der Waals surface area contributed by atoms with E-state index in [4.69, 9.17) is 11.6 Å². The van der Waals surface area contributed by atoms with Gasteiger partial charge in [0.2, 0.25) is 5.91 Å². The molecule has 0 saturated carbocycles. The zero-order valence-corrected chi connectivity index (χ0v) is 16.6. The van der Waals surface area contributed by atoms with Crippen LogP contribution in [0.4, 0.5) is 21.6 Å². The summed E-state index contributed by atoms with van der Waals surface area (Å²) >= 11 is 3.52. The Balaban J connectivity index is 2.31. The van der Waals surface area contributed by atoms with Crippen molar-refractivity contribution in [2.45, 2.75) is 20.3 Å². The number of aromatic nitrogens is 1. The van der Waals surface area contributed by atoms with Crippen LogP contribution in [0.2, 0.25) is 5.02 Å². The topological polar surface area (TPSA) is 112 Å².